The van der Waals surface area contributed by atoms with Crippen molar-refractivity contribution in [1.29, 1.82) is 0 Å². The quantitative estimate of drug-likeness (QED) is 0.828. The molecule has 0 aromatic rings. The molecule has 0 radical (unpaired) electrons. The van der Waals surface area contributed by atoms with Crippen molar-refractivity contribution in [2.24, 2.45) is 0 Å². The number of carboxylic acid groups (broad SMARTS) is 1. The second-order valence-corrected chi connectivity index (χ2v) is 6.08. The highest BCUT2D eigenvalue weighted by molar-refractivity contribution is 7.99. The third-order valence-electron chi connectivity index (χ3n) is 3.64. The number of amides is 2. The third-order valence-corrected chi connectivity index (χ3v) is 4.73. The smallest absolute Gasteiger partial charge is 0.320 e. The Morgan fingerprint density at radius 1 is 1.53 bits per heavy atom. The number of likely N-dealkylation sites (N-methyl/N-ethyl adjacent to an activating group) is 1. The van der Waals surface area contributed by atoms with Crippen molar-refractivity contribution < 1.29 is 19.4 Å². The van der Waals surface area contributed by atoms with Crippen LogP contribution < -0.4 is 0 Å². The molecule has 0 bridgehead atoms. The molecule has 19 heavy (non-hydrogen) atoms. The van der Waals surface area contributed by atoms with Crippen molar-refractivity contribution in [2.75, 3.05) is 38.3 Å². The topological polar surface area (TPSA) is 70.1 Å². The lowest BCUT2D eigenvalue weighted by atomic mass is 10.2. The van der Waals surface area contributed by atoms with Crippen LogP contribution in [0.5, 0.6) is 0 Å². The van der Waals surface area contributed by atoms with Crippen LogP contribution in [0.4, 0.5) is 4.79 Å². The molecule has 2 fully saturated rings. The third kappa shape index (κ3) is 3.54. The maximum Gasteiger partial charge on any atom is 0.320 e. The molecule has 2 unspecified atom stereocenters. The maximum absolute atomic E-state index is 12.5. The Morgan fingerprint density at radius 3 is 2.95 bits per heavy atom. The number of thioether (sulfide) groups is 1. The molecule has 0 aromatic heterocycles. The molecule has 2 aliphatic rings. The van der Waals surface area contributed by atoms with E-state index in [1.54, 1.807) is 28.6 Å². The molecule has 2 heterocycles. The Hall–Kier alpha value is -0.950. The van der Waals surface area contributed by atoms with E-state index in [-0.39, 0.29) is 24.5 Å². The van der Waals surface area contributed by atoms with Crippen molar-refractivity contribution in [3.8, 4) is 0 Å². The zero-order valence-electron chi connectivity index (χ0n) is 11.1. The van der Waals surface area contributed by atoms with E-state index in [9.17, 15) is 9.59 Å². The van der Waals surface area contributed by atoms with Gasteiger partial charge < -0.3 is 19.6 Å². The number of carbonyl (C=O) groups is 2. The number of hydrogen-bond acceptors (Lipinski definition) is 4. The van der Waals surface area contributed by atoms with Gasteiger partial charge in [0.2, 0.25) is 0 Å². The van der Waals surface area contributed by atoms with E-state index in [0.717, 1.165) is 12.2 Å². The fourth-order valence-corrected chi connectivity index (χ4v) is 3.53. The molecular formula is C12H20N2O4S. The van der Waals surface area contributed by atoms with Gasteiger partial charge in [-0.2, -0.15) is 11.8 Å². The van der Waals surface area contributed by atoms with Gasteiger partial charge in [-0.05, 0) is 6.42 Å². The summed E-state index contributed by atoms with van der Waals surface area (Å²) in [5.74, 6) is 0.723. The van der Waals surface area contributed by atoms with Gasteiger partial charge in [0.1, 0.15) is 0 Å². The first-order chi connectivity index (χ1) is 9.09. The van der Waals surface area contributed by atoms with Crippen LogP contribution in [0.3, 0.4) is 0 Å². The average Bonchev–Trinajstić information content (AvgIpc) is 2.91. The number of carboxylic acids is 1. The van der Waals surface area contributed by atoms with Crippen LogP contribution in [0.2, 0.25) is 0 Å². The molecule has 0 aromatic carbocycles. The van der Waals surface area contributed by atoms with Gasteiger partial charge in [0.15, 0.2) is 0 Å². The number of aliphatic carboxylic acids is 1. The number of carbonyl (C=O) groups excluding carboxylic acids is 1. The number of ether oxygens (including phenoxy) is 1. The van der Waals surface area contributed by atoms with Gasteiger partial charge in [0.25, 0.3) is 0 Å². The average molecular weight is 288 g/mol. The number of hydrogen-bond donors (Lipinski definition) is 1. The molecule has 2 atom stereocenters. The summed E-state index contributed by atoms with van der Waals surface area (Å²) in [6, 6.07) is -0.150. The van der Waals surface area contributed by atoms with Gasteiger partial charge in [0.05, 0.1) is 25.1 Å². The summed E-state index contributed by atoms with van der Waals surface area (Å²) >= 11 is 1.71. The summed E-state index contributed by atoms with van der Waals surface area (Å²) in [6.07, 6.45) is 0.877. The van der Waals surface area contributed by atoms with E-state index in [1.807, 2.05) is 0 Å². The van der Waals surface area contributed by atoms with Gasteiger partial charge in [-0.3, -0.25) is 4.79 Å². The van der Waals surface area contributed by atoms with Gasteiger partial charge >= 0.3 is 12.0 Å². The van der Waals surface area contributed by atoms with Crippen LogP contribution in [0, 0.1) is 0 Å². The Labute approximate surface area is 117 Å². The molecule has 2 amide bonds. The maximum atomic E-state index is 12.5. The van der Waals surface area contributed by atoms with Crippen molar-refractivity contribution in [3.63, 3.8) is 0 Å². The van der Waals surface area contributed by atoms with Crippen molar-refractivity contribution >= 4 is 23.8 Å². The monoisotopic (exact) mass is 288 g/mol. The van der Waals surface area contributed by atoms with Crippen LogP contribution in [0.1, 0.15) is 12.8 Å². The molecule has 0 aliphatic carbocycles. The largest absolute Gasteiger partial charge is 0.481 e. The Balaban J connectivity index is 1.99. The fraction of sp³-hybridized carbons (Fsp3) is 0.833. The Bertz CT molecular complexity index is 347. The van der Waals surface area contributed by atoms with Crippen LogP contribution in [-0.2, 0) is 9.53 Å². The molecule has 2 aliphatic heterocycles. The number of nitrogens with zero attached hydrogens (tertiary/aromatic N) is 2. The van der Waals surface area contributed by atoms with E-state index in [1.165, 1.54) is 0 Å². The Kier molecular flexibility index (Phi) is 4.93. The second-order valence-electron chi connectivity index (χ2n) is 4.93. The summed E-state index contributed by atoms with van der Waals surface area (Å²) < 4.78 is 5.30. The molecule has 2 saturated heterocycles. The van der Waals surface area contributed by atoms with Gasteiger partial charge in [-0.25, -0.2) is 4.79 Å². The molecule has 108 valence electrons. The minimum absolute atomic E-state index is 0.0216. The van der Waals surface area contributed by atoms with Crippen LogP contribution in [0.15, 0.2) is 0 Å². The minimum Gasteiger partial charge on any atom is -0.481 e. The normalized spacial score (nSPS) is 27.3. The predicted octanol–water partition coefficient (Wildman–Crippen LogP) is 0.719. The molecule has 0 spiro atoms. The SMILES string of the molecule is CN(C(=O)N1CCSCC1CC(=O)O)C1CCOC1. The molecule has 7 heteroatoms. The molecule has 2 rings (SSSR count). The van der Waals surface area contributed by atoms with Crippen molar-refractivity contribution in [3.05, 3.63) is 0 Å². The number of urea groups is 1. The first kappa shape index (κ1) is 14.5. The number of rotatable bonds is 3. The minimum atomic E-state index is -0.850. The second kappa shape index (κ2) is 6.47. The van der Waals surface area contributed by atoms with Crippen LogP contribution >= 0.6 is 11.8 Å². The van der Waals surface area contributed by atoms with E-state index < -0.39 is 5.97 Å². The van der Waals surface area contributed by atoms with E-state index in [0.29, 0.717) is 25.5 Å². The van der Waals surface area contributed by atoms with E-state index in [2.05, 4.69) is 0 Å². The van der Waals surface area contributed by atoms with Gasteiger partial charge in [-0.1, -0.05) is 0 Å². The highest BCUT2D eigenvalue weighted by Gasteiger charge is 2.33. The summed E-state index contributed by atoms with van der Waals surface area (Å²) in [5, 5.41) is 8.93. The van der Waals surface area contributed by atoms with Gasteiger partial charge in [0, 0.05) is 31.7 Å². The van der Waals surface area contributed by atoms with Crippen LogP contribution in [0.25, 0.3) is 0 Å². The molecule has 1 N–H and O–H groups in total. The first-order valence-corrected chi connectivity index (χ1v) is 7.65. The van der Waals surface area contributed by atoms with E-state index >= 15 is 0 Å². The molecule has 0 saturated carbocycles. The predicted molar refractivity (Wildman–Crippen MR) is 72.5 cm³/mol. The lowest BCUT2D eigenvalue weighted by Crippen LogP contribution is -2.53. The lowest BCUT2D eigenvalue weighted by molar-refractivity contribution is -0.138. The van der Waals surface area contributed by atoms with Gasteiger partial charge in [-0.15, -0.1) is 0 Å². The highest BCUT2D eigenvalue weighted by Crippen LogP contribution is 2.22. The van der Waals surface area contributed by atoms with Crippen molar-refractivity contribution in [1.82, 2.24) is 9.80 Å². The molecule has 6 nitrogen and oxygen atoms in total. The fourth-order valence-electron chi connectivity index (χ4n) is 2.46. The standard InChI is InChI=1S/C12H20N2O4S/c1-13(9-2-4-18-7-9)12(17)14-3-5-19-8-10(14)6-11(15)16/h9-10H,2-8H2,1H3,(H,15,16). The Morgan fingerprint density at radius 2 is 2.32 bits per heavy atom. The zero-order valence-corrected chi connectivity index (χ0v) is 11.9. The molecular weight excluding hydrogens is 268 g/mol. The van der Waals surface area contributed by atoms with E-state index in [4.69, 9.17) is 9.84 Å². The highest BCUT2D eigenvalue weighted by atomic mass is 32.2. The first-order valence-electron chi connectivity index (χ1n) is 6.50. The van der Waals surface area contributed by atoms with Crippen LogP contribution in [-0.4, -0.2) is 77.3 Å². The lowest BCUT2D eigenvalue weighted by Gasteiger charge is -2.38. The van der Waals surface area contributed by atoms with Crippen molar-refractivity contribution in [2.45, 2.75) is 24.9 Å². The summed E-state index contributed by atoms with van der Waals surface area (Å²) in [5.41, 5.74) is 0. The summed E-state index contributed by atoms with van der Waals surface area (Å²) in [6.45, 7) is 1.89. The zero-order chi connectivity index (χ0) is 13.8. The summed E-state index contributed by atoms with van der Waals surface area (Å²) in [7, 11) is 1.78. The summed E-state index contributed by atoms with van der Waals surface area (Å²) in [4.78, 5) is 26.8.